The summed E-state index contributed by atoms with van der Waals surface area (Å²) in [5.74, 6) is 1.16. The van der Waals surface area contributed by atoms with E-state index in [0.717, 1.165) is 12.0 Å². The molecule has 0 amide bonds. The number of fused-ring (bicyclic) bond motifs is 4. The van der Waals surface area contributed by atoms with Crippen LogP contribution >= 0.6 is 0 Å². The summed E-state index contributed by atoms with van der Waals surface area (Å²) in [6.45, 7) is 7.36. The summed E-state index contributed by atoms with van der Waals surface area (Å²) in [5.41, 5.74) is 0.248. The number of phenols is 1. The number of phenolic OH excluding ortho intramolecular Hbond substituents is 1. The Morgan fingerprint density at radius 3 is 2.44 bits per heavy atom. The average Bonchev–Trinajstić information content (AvgIpc) is 2.69. The normalized spacial score (nSPS) is 15.5. The number of methoxy groups -OCH3 is 2. The largest absolute Gasteiger partial charge is 0.504 e. The minimum Gasteiger partial charge on any atom is -0.504 e. The SMILES string of the molecule is COc1cc2oc3cc(O)c(OC)c(CCC(C)(C)O)c3c(=O)c2c2c1CCC(C)(C)O2. The molecule has 3 aromatic rings. The van der Waals surface area contributed by atoms with E-state index >= 15 is 0 Å². The van der Waals surface area contributed by atoms with Crippen molar-refractivity contribution in [1.29, 1.82) is 0 Å². The molecule has 0 aliphatic carbocycles. The zero-order valence-electron chi connectivity index (χ0n) is 19.4. The van der Waals surface area contributed by atoms with E-state index in [2.05, 4.69) is 0 Å². The van der Waals surface area contributed by atoms with E-state index in [4.69, 9.17) is 18.6 Å². The maximum absolute atomic E-state index is 13.9. The standard InChI is InChI=1S/C25H30O7/c1-24(2,28)9-7-14-19-17(11-15(26)22(14)30-6)31-18-12-16(29-5)13-8-10-25(3,4)32-23(13)20(18)21(19)27/h11-12,26,28H,7-10H2,1-6H3. The van der Waals surface area contributed by atoms with E-state index < -0.39 is 11.2 Å². The van der Waals surface area contributed by atoms with Crippen LogP contribution in [-0.2, 0) is 12.8 Å². The van der Waals surface area contributed by atoms with Crippen molar-refractivity contribution < 1.29 is 28.8 Å². The van der Waals surface area contributed by atoms with E-state index in [1.54, 1.807) is 27.0 Å². The fourth-order valence-electron chi connectivity index (χ4n) is 4.38. The number of aliphatic hydroxyl groups is 1. The van der Waals surface area contributed by atoms with Crippen LogP contribution in [0.2, 0.25) is 0 Å². The Morgan fingerprint density at radius 2 is 1.81 bits per heavy atom. The van der Waals surface area contributed by atoms with Crippen LogP contribution in [0.3, 0.4) is 0 Å². The predicted molar refractivity (Wildman–Crippen MR) is 122 cm³/mol. The van der Waals surface area contributed by atoms with Crippen LogP contribution in [0.5, 0.6) is 23.0 Å². The van der Waals surface area contributed by atoms with Gasteiger partial charge in [0.15, 0.2) is 11.5 Å². The lowest BCUT2D eigenvalue weighted by Gasteiger charge is -2.33. The van der Waals surface area contributed by atoms with Crippen molar-refractivity contribution in [3.8, 4) is 23.0 Å². The first-order valence-electron chi connectivity index (χ1n) is 10.8. The Labute approximate surface area is 186 Å². The molecule has 0 fully saturated rings. The lowest BCUT2D eigenvalue weighted by Crippen LogP contribution is -2.33. The van der Waals surface area contributed by atoms with Gasteiger partial charge in [0.05, 0.1) is 25.2 Å². The molecule has 1 aliphatic rings. The van der Waals surface area contributed by atoms with Crippen LogP contribution in [0.25, 0.3) is 21.9 Å². The third kappa shape index (κ3) is 3.75. The average molecular weight is 443 g/mol. The van der Waals surface area contributed by atoms with E-state index in [0.29, 0.717) is 52.7 Å². The molecule has 0 unspecified atom stereocenters. The number of hydrogen-bond donors (Lipinski definition) is 2. The molecule has 0 atom stereocenters. The summed E-state index contributed by atoms with van der Waals surface area (Å²) in [5, 5.41) is 21.5. The fraction of sp³-hybridized carbons (Fsp3) is 0.480. The molecule has 0 radical (unpaired) electrons. The quantitative estimate of drug-likeness (QED) is 0.562. The lowest BCUT2D eigenvalue weighted by atomic mass is 9.91. The van der Waals surface area contributed by atoms with Crippen molar-refractivity contribution in [3.05, 3.63) is 33.5 Å². The number of rotatable bonds is 5. The molecular weight excluding hydrogens is 412 g/mol. The molecule has 0 saturated heterocycles. The molecule has 7 nitrogen and oxygen atoms in total. The van der Waals surface area contributed by atoms with Gasteiger partial charge in [-0.3, -0.25) is 4.79 Å². The second-order valence-corrected chi connectivity index (χ2v) is 9.65. The van der Waals surface area contributed by atoms with Crippen LogP contribution < -0.4 is 19.6 Å². The Bertz CT molecular complexity index is 1260. The number of hydrogen-bond acceptors (Lipinski definition) is 7. The van der Waals surface area contributed by atoms with Gasteiger partial charge in [-0.1, -0.05) is 0 Å². The summed E-state index contributed by atoms with van der Waals surface area (Å²) in [7, 11) is 3.02. The van der Waals surface area contributed by atoms with Gasteiger partial charge in [-0.15, -0.1) is 0 Å². The summed E-state index contributed by atoms with van der Waals surface area (Å²) in [4.78, 5) is 13.9. The zero-order chi connectivity index (χ0) is 23.4. The lowest BCUT2D eigenvalue weighted by molar-refractivity contribution is 0.0713. The van der Waals surface area contributed by atoms with Crippen molar-refractivity contribution in [2.45, 2.75) is 64.6 Å². The summed E-state index contributed by atoms with van der Waals surface area (Å²) in [6.07, 6.45) is 2.19. The van der Waals surface area contributed by atoms with Gasteiger partial charge in [0.1, 0.15) is 33.7 Å². The molecule has 2 N–H and O–H groups in total. The first-order valence-corrected chi connectivity index (χ1v) is 10.8. The maximum atomic E-state index is 13.9. The zero-order valence-corrected chi connectivity index (χ0v) is 19.4. The van der Waals surface area contributed by atoms with Crippen molar-refractivity contribution in [3.63, 3.8) is 0 Å². The monoisotopic (exact) mass is 442 g/mol. The Morgan fingerprint density at radius 1 is 1.12 bits per heavy atom. The van der Waals surface area contributed by atoms with Gasteiger partial charge >= 0.3 is 0 Å². The Hall–Kier alpha value is -2.93. The summed E-state index contributed by atoms with van der Waals surface area (Å²) < 4.78 is 23.4. The Balaban J connectivity index is 2.11. The molecule has 1 aliphatic heterocycles. The molecule has 172 valence electrons. The number of benzene rings is 2. The molecule has 0 bridgehead atoms. The van der Waals surface area contributed by atoms with Crippen molar-refractivity contribution in [1.82, 2.24) is 0 Å². The third-order valence-corrected chi connectivity index (χ3v) is 6.07. The van der Waals surface area contributed by atoms with Crippen molar-refractivity contribution in [2.75, 3.05) is 14.2 Å². The minimum atomic E-state index is -0.959. The van der Waals surface area contributed by atoms with Gasteiger partial charge in [0.2, 0.25) is 5.43 Å². The second kappa shape index (κ2) is 7.59. The van der Waals surface area contributed by atoms with Gasteiger partial charge in [-0.05, 0) is 53.4 Å². The van der Waals surface area contributed by atoms with Crippen LogP contribution in [0.4, 0.5) is 0 Å². The topological polar surface area (TPSA) is 98.4 Å². The number of aryl methyl sites for hydroxylation is 1. The van der Waals surface area contributed by atoms with Gasteiger partial charge in [-0.2, -0.15) is 0 Å². The smallest absolute Gasteiger partial charge is 0.204 e. The van der Waals surface area contributed by atoms with Crippen LogP contribution in [0, 0.1) is 0 Å². The third-order valence-electron chi connectivity index (χ3n) is 6.07. The van der Waals surface area contributed by atoms with E-state index in [1.807, 2.05) is 13.8 Å². The van der Waals surface area contributed by atoms with Crippen molar-refractivity contribution in [2.24, 2.45) is 0 Å². The van der Waals surface area contributed by atoms with Crippen LogP contribution in [0.1, 0.15) is 51.7 Å². The first-order chi connectivity index (χ1) is 15.0. The highest BCUT2D eigenvalue weighted by molar-refractivity contribution is 5.98. The molecule has 1 aromatic heterocycles. The Kier molecular flexibility index (Phi) is 5.28. The molecule has 32 heavy (non-hydrogen) atoms. The van der Waals surface area contributed by atoms with E-state index in [-0.39, 0.29) is 22.5 Å². The molecule has 0 spiro atoms. The van der Waals surface area contributed by atoms with E-state index in [1.165, 1.54) is 13.2 Å². The highest BCUT2D eigenvalue weighted by Crippen LogP contribution is 2.45. The van der Waals surface area contributed by atoms with Crippen LogP contribution in [-0.4, -0.2) is 35.6 Å². The molecule has 2 heterocycles. The van der Waals surface area contributed by atoms with Crippen molar-refractivity contribution >= 4 is 21.9 Å². The molecular formula is C25H30O7. The summed E-state index contributed by atoms with van der Waals surface area (Å²) >= 11 is 0. The van der Waals surface area contributed by atoms with Gasteiger partial charge in [0, 0.05) is 23.3 Å². The van der Waals surface area contributed by atoms with Crippen LogP contribution in [0.15, 0.2) is 21.3 Å². The van der Waals surface area contributed by atoms with Gasteiger partial charge < -0.3 is 28.8 Å². The molecule has 0 saturated carbocycles. The highest BCUT2D eigenvalue weighted by atomic mass is 16.5. The van der Waals surface area contributed by atoms with Gasteiger partial charge in [-0.25, -0.2) is 0 Å². The maximum Gasteiger partial charge on any atom is 0.204 e. The molecule has 2 aromatic carbocycles. The minimum absolute atomic E-state index is 0.129. The second-order valence-electron chi connectivity index (χ2n) is 9.65. The number of aromatic hydroxyl groups is 1. The predicted octanol–water partition coefficient (Wildman–Crippen LogP) is 4.48. The summed E-state index contributed by atoms with van der Waals surface area (Å²) in [6, 6.07) is 3.09. The highest BCUT2D eigenvalue weighted by Gasteiger charge is 2.33. The van der Waals surface area contributed by atoms with Gasteiger partial charge in [0.25, 0.3) is 0 Å². The number of ether oxygens (including phenoxy) is 3. The van der Waals surface area contributed by atoms with E-state index in [9.17, 15) is 15.0 Å². The first kappa shape index (κ1) is 22.3. The molecule has 7 heteroatoms. The molecule has 4 rings (SSSR count). The fourth-order valence-corrected chi connectivity index (χ4v) is 4.38.